The van der Waals surface area contributed by atoms with Gasteiger partial charge in [0, 0.05) is 6.42 Å². The van der Waals surface area contributed by atoms with Gasteiger partial charge in [0.1, 0.15) is 11.3 Å². The Kier molecular flexibility index (Phi) is 7.94. The number of carbonyl (C=O) groups is 2. The summed E-state index contributed by atoms with van der Waals surface area (Å²) >= 11 is 0. The van der Waals surface area contributed by atoms with Gasteiger partial charge in [-0.2, -0.15) is 0 Å². The Balaban J connectivity index is 2.26. The minimum atomic E-state index is -0.655. The van der Waals surface area contributed by atoms with Crippen LogP contribution in [0.15, 0.2) is 33.5 Å². The van der Waals surface area contributed by atoms with Crippen LogP contribution in [0.4, 0.5) is 11.4 Å². The Hall–Kier alpha value is -2.93. The summed E-state index contributed by atoms with van der Waals surface area (Å²) in [7, 11) is 3.59. The quantitative estimate of drug-likeness (QED) is 0.690. The van der Waals surface area contributed by atoms with Gasteiger partial charge in [-0.1, -0.05) is 19.9 Å². The summed E-state index contributed by atoms with van der Waals surface area (Å²) in [6.07, 6.45) is 1.54. The number of likely N-dealkylation sites (N-methyl/N-ethyl adjacent to an activating group) is 1. The van der Waals surface area contributed by atoms with Gasteiger partial charge in [-0.15, -0.1) is 0 Å². The number of benzene rings is 1. The van der Waals surface area contributed by atoms with Crippen LogP contribution < -0.4 is 16.3 Å². The van der Waals surface area contributed by atoms with Crippen molar-refractivity contribution in [3.63, 3.8) is 0 Å². The van der Waals surface area contributed by atoms with E-state index in [9.17, 15) is 14.4 Å². The maximum atomic E-state index is 12.9. The van der Waals surface area contributed by atoms with Crippen LogP contribution in [-0.4, -0.2) is 37.4 Å². The van der Waals surface area contributed by atoms with Gasteiger partial charge in [0.25, 0.3) is 5.91 Å². The molecule has 0 atom stereocenters. The number of anilines is 2. The van der Waals surface area contributed by atoms with E-state index in [1.165, 1.54) is 0 Å². The van der Waals surface area contributed by atoms with Crippen LogP contribution in [0.3, 0.4) is 0 Å². The zero-order chi connectivity index (χ0) is 22.4. The number of carbonyl (C=O) groups excluding carboxylic acids is 2. The number of aryl methyl sites for hydroxylation is 3. The van der Waals surface area contributed by atoms with Gasteiger partial charge in [0.05, 0.1) is 17.9 Å². The van der Waals surface area contributed by atoms with E-state index < -0.39 is 11.5 Å². The zero-order valence-electron chi connectivity index (χ0n) is 18.6. The maximum Gasteiger partial charge on any atom is 0.349 e. The van der Waals surface area contributed by atoms with Crippen molar-refractivity contribution >= 4 is 23.2 Å². The second-order valence-corrected chi connectivity index (χ2v) is 8.28. The molecule has 1 heterocycles. The molecular weight excluding hydrogens is 382 g/mol. The molecule has 0 unspecified atom stereocenters. The first-order chi connectivity index (χ1) is 14.1. The molecule has 30 heavy (non-hydrogen) atoms. The second kappa shape index (κ2) is 10.2. The van der Waals surface area contributed by atoms with E-state index in [0.29, 0.717) is 35.0 Å². The van der Waals surface area contributed by atoms with Crippen LogP contribution in [0.25, 0.3) is 0 Å². The van der Waals surface area contributed by atoms with E-state index in [1.807, 2.05) is 13.0 Å². The molecule has 0 radical (unpaired) electrons. The van der Waals surface area contributed by atoms with Crippen LogP contribution in [0, 0.1) is 19.8 Å². The molecule has 2 aromatic rings. The maximum absolute atomic E-state index is 12.9. The lowest BCUT2D eigenvalue weighted by Gasteiger charge is -2.15. The second-order valence-electron chi connectivity index (χ2n) is 8.28. The Labute approximate surface area is 177 Å². The summed E-state index contributed by atoms with van der Waals surface area (Å²) < 4.78 is 5.37. The van der Waals surface area contributed by atoms with Crippen molar-refractivity contribution in [3.05, 3.63) is 57.1 Å². The molecule has 0 fully saturated rings. The van der Waals surface area contributed by atoms with Crippen molar-refractivity contribution in [2.75, 3.05) is 31.3 Å². The predicted molar refractivity (Wildman–Crippen MR) is 119 cm³/mol. The Morgan fingerprint density at radius 2 is 1.77 bits per heavy atom. The van der Waals surface area contributed by atoms with E-state index in [-0.39, 0.29) is 18.0 Å². The zero-order valence-corrected chi connectivity index (χ0v) is 18.6. The molecule has 0 aliphatic heterocycles. The highest BCUT2D eigenvalue weighted by Crippen LogP contribution is 2.24. The largest absolute Gasteiger partial charge is 0.427 e. The molecule has 2 N–H and O–H groups in total. The van der Waals surface area contributed by atoms with Gasteiger partial charge < -0.3 is 20.0 Å². The van der Waals surface area contributed by atoms with Gasteiger partial charge in [0.15, 0.2) is 0 Å². The average Bonchev–Trinajstić information content (AvgIpc) is 2.61. The number of nitrogens with zero attached hydrogens (tertiary/aromatic N) is 1. The van der Waals surface area contributed by atoms with Crippen LogP contribution >= 0.6 is 0 Å². The lowest BCUT2D eigenvalue weighted by atomic mass is 10.0. The molecule has 162 valence electrons. The van der Waals surface area contributed by atoms with Crippen molar-refractivity contribution in [3.8, 4) is 0 Å². The molecular formula is C23H31N3O4. The first kappa shape index (κ1) is 23.3. The highest BCUT2D eigenvalue weighted by atomic mass is 16.4. The van der Waals surface area contributed by atoms with E-state index >= 15 is 0 Å². The summed E-state index contributed by atoms with van der Waals surface area (Å²) in [4.78, 5) is 39.2. The molecule has 2 amide bonds. The van der Waals surface area contributed by atoms with Gasteiger partial charge >= 0.3 is 5.63 Å². The fourth-order valence-electron chi connectivity index (χ4n) is 3.03. The first-order valence-corrected chi connectivity index (χ1v) is 10.1. The lowest BCUT2D eigenvalue weighted by molar-refractivity contribution is -0.116. The molecule has 0 saturated carbocycles. The van der Waals surface area contributed by atoms with Crippen LogP contribution in [0.2, 0.25) is 0 Å². The molecule has 0 aliphatic carbocycles. The molecule has 7 nitrogen and oxygen atoms in total. The van der Waals surface area contributed by atoms with Gasteiger partial charge in [-0.25, -0.2) is 4.79 Å². The van der Waals surface area contributed by atoms with Gasteiger partial charge in [-0.05, 0) is 69.6 Å². The van der Waals surface area contributed by atoms with Crippen molar-refractivity contribution in [2.24, 2.45) is 5.92 Å². The fraction of sp³-hybridized carbons (Fsp3) is 0.435. The number of nitrogens with one attached hydrogen (secondary N) is 2. The summed E-state index contributed by atoms with van der Waals surface area (Å²) in [6, 6.07) is 7.05. The van der Waals surface area contributed by atoms with Crippen molar-refractivity contribution in [2.45, 2.75) is 40.5 Å². The summed E-state index contributed by atoms with van der Waals surface area (Å²) in [6.45, 7) is 8.01. The molecule has 2 rings (SSSR count). The fourth-order valence-corrected chi connectivity index (χ4v) is 3.03. The Bertz CT molecular complexity index is 977. The third-order valence-electron chi connectivity index (χ3n) is 4.55. The SMILES string of the molecule is Cc1ccc(NC(=O)CN(C)C)c(NC(=O)c2c(C)cc(CCC(C)C)oc2=O)c1. The number of amides is 2. The topological polar surface area (TPSA) is 91.7 Å². The molecule has 0 bridgehead atoms. The summed E-state index contributed by atoms with van der Waals surface area (Å²) in [5, 5.41) is 5.55. The van der Waals surface area contributed by atoms with Crippen molar-refractivity contribution in [1.29, 1.82) is 0 Å². The first-order valence-electron chi connectivity index (χ1n) is 10.1. The number of rotatable bonds is 8. The smallest absolute Gasteiger partial charge is 0.349 e. The van der Waals surface area contributed by atoms with E-state index in [2.05, 4.69) is 24.5 Å². The summed E-state index contributed by atoms with van der Waals surface area (Å²) in [5.74, 6) is 0.297. The van der Waals surface area contributed by atoms with Crippen LogP contribution in [0.5, 0.6) is 0 Å². The third-order valence-corrected chi connectivity index (χ3v) is 4.55. The minimum Gasteiger partial charge on any atom is -0.427 e. The molecule has 0 aliphatic rings. The molecule has 0 spiro atoms. The van der Waals surface area contributed by atoms with Crippen molar-refractivity contribution < 1.29 is 14.0 Å². The number of hydrogen-bond acceptors (Lipinski definition) is 5. The normalized spacial score (nSPS) is 11.1. The van der Waals surface area contributed by atoms with E-state index in [1.54, 1.807) is 44.1 Å². The minimum absolute atomic E-state index is 0.0321. The highest BCUT2D eigenvalue weighted by molar-refractivity contribution is 6.08. The number of hydrogen-bond donors (Lipinski definition) is 2. The van der Waals surface area contributed by atoms with E-state index in [0.717, 1.165) is 12.0 Å². The lowest BCUT2D eigenvalue weighted by Crippen LogP contribution is -2.28. The Morgan fingerprint density at radius 3 is 2.37 bits per heavy atom. The molecule has 1 aromatic carbocycles. The summed E-state index contributed by atoms with van der Waals surface area (Å²) in [5.41, 5.74) is 1.68. The average molecular weight is 414 g/mol. The van der Waals surface area contributed by atoms with Gasteiger partial charge in [0.2, 0.25) is 5.91 Å². The Morgan fingerprint density at radius 1 is 1.07 bits per heavy atom. The predicted octanol–water partition coefficient (Wildman–Crippen LogP) is 3.60. The molecule has 1 aromatic heterocycles. The van der Waals surface area contributed by atoms with Gasteiger partial charge in [-0.3, -0.25) is 9.59 Å². The third kappa shape index (κ3) is 6.56. The van der Waals surface area contributed by atoms with Crippen molar-refractivity contribution in [1.82, 2.24) is 4.90 Å². The highest BCUT2D eigenvalue weighted by Gasteiger charge is 2.19. The molecule has 0 saturated heterocycles. The van der Waals surface area contributed by atoms with Crippen LogP contribution in [-0.2, 0) is 11.2 Å². The van der Waals surface area contributed by atoms with E-state index in [4.69, 9.17) is 4.42 Å². The standard InChI is InChI=1S/C23H31N3O4/c1-14(2)7-9-17-12-16(4)21(23(29)30-17)22(28)25-19-11-15(3)8-10-18(19)24-20(27)13-26(5)6/h8,10-12,14H,7,9,13H2,1-6H3,(H,24,27)(H,25,28). The monoisotopic (exact) mass is 413 g/mol. The van der Waals surface area contributed by atoms with Crippen LogP contribution in [0.1, 0.15) is 47.5 Å². The molecule has 7 heteroatoms.